The molecule has 1 atom stereocenters. The van der Waals surface area contributed by atoms with Gasteiger partial charge in [-0.2, -0.15) is 0 Å². The standard InChI is InChI=1S/C17H26FN3O.HI/c1-17(2)9-10-21(12-17)16(19-3)20-11-15(22-4)13-5-7-14(18)8-6-13;/h5-8,15H,9-12H2,1-4H3,(H,19,20);1H. The second kappa shape index (κ2) is 8.82. The van der Waals surface area contributed by atoms with Crippen LogP contribution in [0.2, 0.25) is 0 Å². The lowest BCUT2D eigenvalue weighted by Crippen LogP contribution is -2.42. The van der Waals surface area contributed by atoms with E-state index >= 15 is 0 Å². The Morgan fingerprint density at radius 3 is 2.52 bits per heavy atom. The number of benzene rings is 1. The SMILES string of the molecule is CN=C(NCC(OC)c1ccc(F)cc1)N1CCC(C)(C)C1.I. The van der Waals surface area contributed by atoms with Gasteiger partial charge >= 0.3 is 0 Å². The molecule has 0 bridgehead atoms. The van der Waals surface area contributed by atoms with Gasteiger partial charge in [-0.15, -0.1) is 24.0 Å². The monoisotopic (exact) mass is 435 g/mol. The maximum atomic E-state index is 13.0. The second-order valence-corrected chi connectivity index (χ2v) is 6.54. The van der Waals surface area contributed by atoms with Crippen LogP contribution in [0.15, 0.2) is 29.3 Å². The number of halogens is 2. The first-order valence-corrected chi connectivity index (χ1v) is 7.69. The summed E-state index contributed by atoms with van der Waals surface area (Å²) in [5.74, 6) is 0.663. The zero-order valence-electron chi connectivity index (χ0n) is 14.3. The Hall–Kier alpha value is -0.890. The van der Waals surface area contributed by atoms with Crippen LogP contribution >= 0.6 is 24.0 Å². The summed E-state index contributed by atoms with van der Waals surface area (Å²) in [6.07, 6.45) is 1.03. The molecule has 0 aromatic heterocycles. The Balaban J connectivity index is 0.00000264. The maximum absolute atomic E-state index is 13.0. The van der Waals surface area contributed by atoms with Crippen molar-refractivity contribution in [1.29, 1.82) is 0 Å². The third kappa shape index (κ3) is 5.60. The molecule has 1 aromatic rings. The third-order valence-corrected chi connectivity index (χ3v) is 4.16. The van der Waals surface area contributed by atoms with Crippen LogP contribution in [0, 0.1) is 11.2 Å². The minimum absolute atomic E-state index is 0. The number of rotatable bonds is 4. The van der Waals surface area contributed by atoms with Crippen molar-refractivity contribution < 1.29 is 9.13 Å². The maximum Gasteiger partial charge on any atom is 0.193 e. The molecule has 1 aliphatic rings. The molecule has 0 amide bonds. The van der Waals surface area contributed by atoms with E-state index in [4.69, 9.17) is 4.74 Å². The highest BCUT2D eigenvalue weighted by Crippen LogP contribution is 2.28. The van der Waals surface area contributed by atoms with Crippen LogP contribution in [0.3, 0.4) is 0 Å². The van der Waals surface area contributed by atoms with Gasteiger partial charge in [-0.3, -0.25) is 4.99 Å². The molecule has 1 saturated heterocycles. The van der Waals surface area contributed by atoms with Gasteiger partial charge in [0.05, 0.1) is 6.10 Å². The molecule has 1 N–H and O–H groups in total. The number of hydrogen-bond donors (Lipinski definition) is 1. The van der Waals surface area contributed by atoms with Crippen LogP contribution in [0.4, 0.5) is 4.39 Å². The number of nitrogens with zero attached hydrogens (tertiary/aromatic N) is 2. The highest BCUT2D eigenvalue weighted by Gasteiger charge is 2.31. The highest BCUT2D eigenvalue weighted by atomic mass is 127. The molecule has 23 heavy (non-hydrogen) atoms. The summed E-state index contributed by atoms with van der Waals surface area (Å²) in [5.41, 5.74) is 1.28. The number of guanidine groups is 1. The minimum atomic E-state index is -0.235. The average Bonchev–Trinajstić information content (AvgIpc) is 2.85. The van der Waals surface area contributed by atoms with E-state index in [1.165, 1.54) is 18.6 Å². The van der Waals surface area contributed by atoms with Gasteiger partial charge < -0.3 is 15.0 Å². The average molecular weight is 435 g/mol. The molecule has 2 rings (SSSR count). The lowest BCUT2D eigenvalue weighted by molar-refractivity contribution is 0.106. The fourth-order valence-corrected chi connectivity index (χ4v) is 2.82. The summed E-state index contributed by atoms with van der Waals surface area (Å²) < 4.78 is 18.5. The summed E-state index contributed by atoms with van der Waals surface area (Å²) in [5, 5.41) is 3.37. The van der Waals surface area contributed by atoms with E-state index in [1.54, 1.807) is 26.3 Å². The van der Waals surface area contributed by atoms with Crippen molar-refractivity contribution in [2.75, 3.05) is 33.8 Å². The van der Waals surface area contributed by atoms with Gasteiger partial charge in [0.25, 0.3) is 0 Å². The van der Waals surface area contributed by atoms with Gasteiger partial charge in [0.2, 0.25) is 0 Å². The molecule has 1 aromatic carbocycles. The van der Waals surface area contributed by atoms with E-state index in [1.807, 2.05) is 0 Å². The summed E-state index contributed by atoms with van der Waals surface area (Å²) >= 11 is 0. The van der Waals surface area contributed by atoms with E-state index in [-0.39, 0.29) is 35.9 Å². The van der Waals surface area contributed by atoms with Crippen molar-refractivity contribution in [3.63, 3.8) is 0 Å². The van der Waals surface area contributed by atoms with E-state index < -0.39 is 0 Å². The smallest absolute Gasteiger partial charge is 0.193 e. The zero-order valence-corrected chi connectivity index (χ0v) is 16.6. The first-order valence-electron chi connectivity index (χ1n) is 7.69. The van der Waals surface area contributed by atoms with Crippen molar-refractivity contribution >= 4 is 29.9 Å². The Bertz CT molecular complexity index is 519. The summed E-state index contributed by atoms with van der Waals surface area (Å²) in [7, 11) is 3.46. The topological polar surface area (TPSA) is 36.9 Å². The lowest BCUT2D eigenvalue weighted by atomic mass is 9.93. The van der Waals surface area contributed by atoms with Gasteiger partial charge in [-0.05, 0) is 29.5 Å². The molecule has 130 valence electrons. The predicted molar refractivity (Wildman–Crippen MR) is 103 cm³/mol. The number of aliphatic imine (C=N–C) groups is 1. The molecule has 1 fully saturated rings. The Kier molecular flexibility index (Phi) is 7.73. The molecule has 1 aliphatic heterocycles. The second-order valence-electron chi connectivity index (χ2n) is 6.54. The molecule has 0 radical (unpaired) electrons. The fraction of sp³-hybridized carbons (Fsp3) is 0.588. The van der Waals surface area contributed by atoms with Crippen LogP contribution in [0.25, 0.3) is 0 Å². The molecular weight excluding hydrogens is 408 g/mol. The van der Waals surface area contributed by atoms with Gasteiger partial charge in [0.1, 0.15) is 5.82 Å². The molecule has 0 spiro atoms. The van der Waals surface area contributed by atoms with Gasteiger partial charge in [0, 0.05) is 33.8 Å². The zero-order chi connectivity index (χ0) is 16.2. The quantitative estimate of drug-likeness (QED) is 0.448. The van der Waals surface area contributed by atoms with E-state index in [9.17, 15) is 4.39 Å². The largest absolute Gasteiger partial charge is 0.375 e. The molecule has 0 aliphatic carbocycles. The Morgan fingerprint density at radius 1 is 1.39 bits per heavy atom. The van der Waals surface area contributed by atoms with Crippen molar-refractivity contribution in [3.05, 3.63) is 35.6 Å². The van der Waals surface area contributed by atoms with Crippen molar-refractivity contribution in [3.8, 4) is 0 Å². The number of hydrogen-bond acceptors (Lipinski definition) is 2. The fourth-order valence-electron chi connectivity index (χ4n) is 2.82. The number of methoxy groups -OCH3 is 1. The van der Waals surface area contributed by atoms with Gasteiger partial charge in [-0.25, -0.2) is 4.39 Å². The normalized spacial score (nSPS) is 18.5. The first kappa shape index (κ1) is 20.2. The Morgan fingerprint density at radius 2 is 2.04 bits per heavy atom. The highest BCUT2D eigenvalue weighted by molar-refractivity contribution is 14.0. The first-order chi connectivity index (χ1) is 10.4. The molecule has 6 heteroatoms. The van der Waals surface area contributed by atoms with E-state index in [2.05, 4.69) is 29.1 Å². The number of likely N-dealkylation sites (tertiary alicyclic amines) is 1. The van der Waals surface area contributed by atoms with Crippen LogP contribution in [0.1, 0.15) is 31.9 Å². The van der Waals surface area contributed by atoms with Crippen LogP contribution < -0.4 is 5.32 Å². The van der Waals surface area contributed by atoms with E-state index in [0.717, 1.165) is 24.6 Å². The summed E-state index contributed by atoms with van der Waals surface area (Å²) in [4.78, 5) is 6.64. The summed E-state index contributed by atoms with van der Waals surface area (Å²) in [6.45, 7) is 7.17. The van der Waals surface area contributed by atoms with Crippen LogP contribution in [-0.2, 0) is 4.74 Å². The van der Waals surface area contributed by atoms with E-state index in [0.29, 0.717) is 12.0 Å². The lowest BCUT2D eigenvalue weighted by Gasteiger charge is -2.25. The molecule has 1 unspecified atom stereocenters. The minimum Gasteiger partial charge on any atom is -0.375 e. The molecule has 4 nitrogen and oxygen atoms in total. The number of ether oxygens (including phenoxy) is 1. The molecule has 1 heterocycles. The van der Waals surface area contributed by atoms with Gasteiger partial charge in [0.15, 0.2) is 5.96 Å². The molecular formula is C17H27FIN3O. The summed E-state index contributed by atoms with van der Waals surface area (Å²) in [6, 6.07) is 6.43. The molecule has 0 saturated carbocycles. The van der Waals surface area contributed by atoms with Crippen LogP contribution in [-0.4, -0.2) is 44.7 Å². The Labute approximate surface area is 155 Å². The van der Waals surface area contributed by atoms with Crippen molar-refractivity contribution in [2.24, 2.45) is 10.4 Å². The third-order valence-electron chi connectivity index (χ3n) is 4.16. The predicted octanol–water partition coefficient (Wildman–Crippen LogP) is 3.44. The van der Waals surface area contributed by atoms with Gasteiger partial charge in [-0.1, -0.05) is 26.0 Å². The van der Waals surface area contributed by atoms with Crippen LogP contribution in [0.5, 0.6) is 0 Å². The van der Waals surface area contributed by atoms with Crippen molar-refractivity contribution in [2.45, 2.75) is 26.4 Å². The van der Waals surface area contributed by atoms with Crippen molar-refractivity contribution in [1.82, 2.24) is 10.2 Å². The number of nitrogens with one attached hydrogen (secondary N) is 1.